The molecule has 3 heteroatoms. The van der Waals surface area contributed by atoms with Crippen molar-refractivity contribution in [1.29, 1.82) is 0 Å². The third-order valence-corrected chi connectivity index (χ3v) is 3.82. The minimum Gasteiger partial charge on any atom is -0.369 e. The molecule has 0 aromatic heterocycles. The number of rotatable bonds is 3. The second-order valence-corrected chi connectivity index (χ2v) is 5.41. The lowest BCUT2D eigenvalue weighted by molar-refractivity contribution is 0.731. The second kappa shape index (κ2) is 5.19. The molecule has 1 unspecified atom stereocenters. The van der Waals surface area contributed by atoms with Gasteiger partial charge in [-0.3, -0.25) is 0 Å². The molecule has 0 spiro atoms. The molecule has 2 N–H and O–H groups in total. The number of benzene rings is 1. The predicted molar refractivity (Wildman–Crippen MR) is 72.9 cm³/mol. The molecule has 1 fully saturated rings. The number of halogens is 1. The first-order valence-corrected chi connectivity index (χ1v) is 6.77. The van der Waals surface area contributed by atoms with E-state index in [1.54, 1.807) is 0 Å². The van der Waals surface area contributed by atoms with Crippen LogP contribution < -0.4 is 10.6 Å². The molecule has 1 atom stereocenters. The lowest BCUT2D eigenvalue weighted by atomic mass is 10.1. The molecule has 1 saturated heterocycles. The Morgan fingerprint density at radius 1 is 1.50 bits per heavy atom. The number of hydrogen-bond donors (Lipinski definition) is 1. The van der Waals surface area contributed by atoms with E-state index in [1.165, 1.54) is 30.6 Å². The Morgan fingerprint density at radius 2 is 2.31 bits per heavy atom. The van der Waals surface area contributed by atoms with E-state index in [0.717, 1.165) is 17.4 Å². The number of nitrogens with zero attached hydrogens (tertiary/aromatic N) is 1. The molecule has 1 aliphatic rings. The van der Waals surface area contributed by atoms with E-state index >= 15 is 0 Å². The summed E-state index contributed by atoms with van der Waals surface area (Å²) in [6.07, 6.45) is 3.57. The molecule has 88 valence electrons. The molecule has 2 rings (SSSR count). The maximum absolute atomic E-state index is 5.67. The molecule has 0 bridgehead atoms. The summed E-state index contributed by atoms with van der Waals surface area (Å²) < 4.78 is 1.15. The van der Waals surface area contributed by atoms with Crippen LogP contribution in [0.5, 0.6) is 0 Å². The molecule has 0 aliphatic carbocycles. The van der Waals surface area contributed by atoms with E-state index in [1.807, 2.05) is 0 Å². The zero-order valence-corrected chi connectivity index (χ0v) is 11.3. The molecule has 1 aliphatic heterocycles. The van der Waals surface area contributed by atoms with Crippen molar-refractivity contribution in [2.24, 2.45) is 5.73 Å². The molecule has 0 amide bonds. The fraction of sp³-hybridized carbons (Fsp3) is 0.538. The average molecular weight is 283 g/mol. The van der Waals surface area contributed by atoms with Gasteiger partial charge in [-0.15, -0.1) is 0 Å². The zero-order chi connectivity index (χ0) is 11.5. The summed E-state index contributed by atoms with van der Waals surface area (Å²) in [5, 5.41) is 0. The van der Waals surface area contributed by atoms with Crippen molar-refractivity contribution in [2.75, 3.05) is 18.0 Å². The maximum Gasteiger partial charge on any atom is 0.0412 e. The fourth-order valence-corrected chi connectivity index (χ4v) is 2.81. The zero-order valence-electron chi connectivity index (χ0n) is 9.75. The van der Waals surface area contributed by atoms with E-state index < -0.39 is 0 Å². The van der Waals surface area contributed by atoms with Crippen molar-refractivity contribution in [3.8, 4) is 0 Å². The Bertz CT molecular complexity index is 365. The molecule has 1 aromatic carbocycles. The summed E-state index contributed by atoms with van der Waals surface area (Å²) in [4.78, 5) is 2.51. The summed E-state index contributed by atoms with van der Waals surface area (Å²) in [7, 11) is 0. The third-order valence-electron chi connectivity index (χ3n) is 3.32. The Balaban J connectivity index is 2.32. The molecular formula is C13H19BrN2. The van der Waals surface area contributed by atoms with Gasteiger partial charge in [0.25, 0.3) is 0 Å². The number of anilines is 1. The topological polar surface area (TPSA) is 29.3 Å². The van der Waals surface area contributed by atoms with E-state index in [2.05, 4.69) is 46.0 Å². The minimum atomic E-state index is 0.658. The van der Waals surface area contributed by atoms with Gasteiger partial charge in [0.15, 0.2) is 0 Å². The Morgan fingerprint density at radius 3 is 2.94 bits per heavy atom. The SMILES string of the molecule is CC1CCCN1c1cc(Br)ccc1CCN. The van der Waals surface area contributed by atoms with Crippen LogP contribution in [0.2, 0.25) is 0 Å². The molecule has 0 saturated carbocycles. The summed E-state index contributed by atoms with van der Waals surface area (Å²) >= 11 is 3.56. The van der Waals surface area contributed by atoms with Gasteiger partial charge in [0.2, 0.25) is 0 Å². The second-order valence-electron chi connectivity index (χ2n) is 4.50. The highest BCUT2D eigenvalue weighted by atomic mass is 79.9. The van der Waals surface area contributed by atoms with Crippen molar-refractivity contribution >= 4 is 21.6 Å². The largest absolute Gasteiger partial charge is 0.369 e. The maximum atomic E-state index is 5.67. The van der Waals surface area contributed by atoms with Crippen LogP contribution in [0.15, 0.2) is 22.7 Å². The van der Waals surface area contributed by atoms with Crippen LogP contribution in [0.4, 0.5) is 5.69 Å². The lowest BCUT2D eigenvalue weighted by Gasteiger charge is -2.26. The monoisotopic (exact) mass is 282 g/mol. The smallest absolute Gasteiger partial charge is 0.0412 e. The van der Waals surface area contributed by atoms with Crippen LogP contribution >= 0.6 is 15.9 Å². The summed E-state index contributed by atoms with van der Waals surface area (Å²) in [5.41, 5.74) is 8.41. The van der Waals surface area contributed by atoms with Gasteiger partial charge >= 0.3 is 0 Å². The van der Waals surface area contributed by atoms with Gasteiger partial charge < -0.3 is 10.6 Å². The highest BCUT2D eigenvalue weighted by Gasteiger charge is 2.22. The van der Waals surface area contributed by atoms with Crippen molar-refractivity contribution in [1.82, 2.24) is 0 Å². The first-order valence-electron chi connectivity index (χ1n) is 5.97. The number of nitrogens with two attached hydrogens (primary N) is 1. The highest BCUT2D eigenvalue weighted by Crippen LogP contribution is 2.31. The molecule has 2 nitrogen and oxygen atoms in total. The van der Waals surface area contributed by atoms with Gasteiger partial charge in [-0.2, -0.15) is 0 Å². The molecule has 1 heterocycles. The fourth-order valence-electron chi connectivity index (χ4n) is 2.46. The lowest BCUT2D eigenvalue weighted by Crippen LogP contribution is -2.27. The van der Waals surface area contributed by atoms with Crippen molar-refractivity contribution in [3.05, 3.63) is 28.2 Å². The first kappa shape index (κ1) is 11.9. The van der Waals surface area contributed by atoms with Crippen LogP contribution in [0, 0.1) is 0 Å². The van der Waals surface area contributed by atoms with Crippen LogP contribution in [0.3, 0.4) is 0 Å². The van der Waals surface area contributed by atoms with E-state index in [9.17, 15) is 0 Å². The minimum absolute atomic E-state index is 0.658. The van der Waals surface area contributed by atoms with Gasteiger partial charge in [0.1, 0.15) is 0 Å². The van der Waals surface area contributed by atoms with Crippen molar-refractivity contribution in [3.63, 3.8) is 0 Å². The third kappa shape index (κ3) is 2.41. The first-order chi connectivity index (χ1) is 7.72. The summed E-state index contributed by atoms with van der Waals surface area (Å²) in [6, 6.07) is 7.19. The highest BCUT2D eigenvalue weighted by molar-refractivity contribution is 9.10. The quantitative estimate of drug-likeness (QED) is 0.924. The normalized spacial score (nSPS) is 20.4. The van der Waals surface area contributed by atoms with Crippen LogP contribution in [0.1, 0.15) is 25.3 Å². The molecule has 16 heavy (non-hydrogen) atoms. The Kier molecular flexibility index (Phi) is 3.87. The molecule has 1 aromatic rings. The van der Waals surface area contributed by atoms with E-state index in [0.29, 0.717) is 6.04 Å². The van der Waals surface area contributed by atoms with Gasteiger partial charge in [0.05, 0.1) is 0 Å². The van der Waals surface area contributed by atoms with Gasteiger partial charge in [-0.25, -0.2) is 0 Å². The predicted octanol–water partition coefficient (Wildman–Crippen LogP) is 2.94. The standard InChI is InChI=1S/C13H19BrN2/c1-10-3-2-8-16(10)13-9-12(14)5-4-11(13)6-7-15/h4-5,9-10H,2-3,6-8,15H2,1H3. The van der Waals surface area contributed by atoms with Crippen molar-refractivity contribution < 1.29 is 0 Å². The van der Waals surface area contributed by atoms with Crippen LogP contribution in [-0.4, -0.2) is 19.1 Å². The number of hydrogen-bond acceptors (Lipinski definition) is 2. The van der Waals surface area contributed by atoms with E-state index in [4.69, 9.17) is 5.73 Å². The Hall–Kier alpha value is -0.540. The van der Waals surface area contributed by atoms with E-state index in [-0.39, 0.29) is 0 Å². The Labute approximate surface area is 106 Å². The van der Waals surface area contributed by atoms with Gasteiger partial charge in [-0.1, -0.05) is 22.0 Å². The van der Waals surface area contributed by atoms with Crippen LogP contribution in [-0.2, 0) is 6.42 Å². The molecular weight excluding hydrogens is 264 g/mol. The van der Waals surface area contributed by atoms with Gasteiger partial charge in [-0.05, 0) is 50.4 Å². The van der Waals surface area contributed by atoms with Crippen LogP contribution in [0.25, 0.3) is 0 Å². The summed E-state index contributed by atoms with van der Waals surface area (Å²) in [5.74, 6) is 0. The summed E-state index contributed by atoms with van der Waals surface area (Å²) in [6.45, 7) is 4.20. The molecule has 0 radical (unpaired) electrons. The average Bonchev–Trinajstić information content (AvgIpc) is 2.67. The van der Waals surface area contributed by atoms with Gasteiger partial charge in [0, 0.05) is 22.7 Å². The van der Waals surface area contributed by atoms with Crippen molar-refractivity contribution in [2.45, 2.75) is 32.2 Å².